The number of anilines is 4. The monoisotopic (exact) mass is 515 g/mol. The third-order valence-electron chi connectivity index (χ3n) is 7.56. The highest BCUT2D eigenvalue weighted by Crippen LogP contribution is 2.33. The molecular weight excluding hydrogens is 478 g/mol. The third kappa shape index (κ3) is 5.42. The average molecular weight is 516 g/mol. The summed E-state index contributed by atoms with van der Waals surface area (Å²) in [6, 6.07) is 4.67. The van der Waals surface area contributed by atoms with Crippen LogP contribution in [0.1, 0.15) is 46.0 Å². The zero-order valence-corrected chi connectivity index (χ0v) is 22.2. The quantitative estimate of drug-likeness (QED) is 0.594. The van der Waals surface area contributed by atoms with Crippen LogP contribution in [0.25, 0.3) is 0 Å². The lowest BCUT2D eigenvalue weighted by Crippen LogP contribution is -2.53. The molecule has 0 aliphatic carbocycles. The topological polar surface area (TPSA) is 81.1 Å². The summed E-state index contributed by atoms with van der Waals surface area (Å²) >= 11 is 6.56. The molecule has 0 aromatic carbocycles. The second-order valence-electron chi connectivity index (χ2n) is 10.2. The summed E-state index contributed by atoms with van der Waals surface area (Å²) in [7, 11) is 0. The third-order valence-corrected chi connectivity index (χ3v) is 7.83. The number of nitrogens with zero attached hydrogens (tertiary/aromatic N) is 7. The highest BCUT2D eigenvalue weighted by molar-refractivity contribution is 6.33. The smallest absolute Gasteiger partial charge is 0.229 e. The van der Waals surface area contributed by atoms with Crippen molar-refractivity contribution in [1.29, 1.82) is 0 Å². The Labute approximate surface area is 219 Å². The molecule has 0 bridgehead atoms. The number of aliphatic hydroxyl groups excluding tert-OH is 1. The van der Waals surface area contributed by atoms with Crippen LogP contribution in [0.3, 0.4) is 0 Å². The molecule has 3 aliphatic heterocycles. The van der Waals surface area contributed by atoms with Crippen LogP contribution in [-0.2, 0) is 0 Å². The molecule has 36 heavy (non-hydrogen) atoms. The molecule has 9 nitrogen and oxygen atoms in total. The first kappa shape index (κ1) is 25.1. The van der Waals surface area contributed by atoms with E-state index in [1.807, 2.05) is 0 Å². The molecule has 0 radical (unpaired) electrons. The summed E-state index contributed by atoms with van der Waals surface area (Å²) < 4.78 is 5.45. The maximum absolute atomic E-state index is 8.98. The number of rotatable bonds is 7. The predicted molar refractivity (Wildman–Crippen MR) is 145 cm³/mol. The molecule has 0 spiro atoms. The van der Waals surface area contributed by atoms with Gasteiger partial charge >= 0.3 is 0 Å². The fraction of sp³-hybridized carbons (Fsp3) is 0.654. The normalized spacial score (nSPS) is 22.9. The summed E-state index contributed by atoms with van der Waals surface area (Å²) in [6.07, 6.45) is 7.81. The predicted octanol–water partition coefficient (Wildman–Crippen LogP) is 3.59. The summed E-state index contributed by atoms with van der Waals surface area (Å²) in [4.78, 5) is 24.2. The maximum atomic E-state index is 8.98. The minimum absolute atomic E-state index is 0.0419. The van der Waals surface area contributed by atoms with Crippen molar-refractivity contribution in [1.82, 2.24) is 15.0 Å². The first-order valence-electron chi connectivity index (χ1n) is 13.3. The zero-order chi connectivity index (χ0) is 25.1. The van der Waals surface area contributed by atoms with Crippen molar-refractivity contribution in [2.45, 2.75) is 58.0 Å². The maximum Gasteiger partial charge on any atom is 0.229 e. The van der Waals surface area contributed by atoms with Crippen LogP contribution < -0.4 is 24.3 Å². The Bertz CT molecular complexity index is 1040. The molecule has 3 aliphatic rings. The lowest BCUT2D eigenvalue weighted by atomic mass is 10.1. The van der Waals surface area contributed by atoms with Crippen LogP contribution in [0, 0.1) is 0 Å². The largest absolute Gasteiger partial charge is 0.490 e. The van der Waals surface area contributed by atoms with Crippen LogP contribution in [0.4, 0.5) is 23.4 Å². The van der Waals surface area contributed by atoms with Gasteiger partial charge in [-0.15, -0.1) is 0 Å². The molecule has 10 heteroatoms. The van der Waals surface area contributed by atoms with E-state index in [0.717, 1.165) is 62.7 Å². The molecule has 2 aromatic heterocycles. The molecule has 0 amide bonds. The van der Waals surface area contributed by atoms with E-state index in [1.165, 1.54) is 32.1 Å². The molecule has 0 unspecified atom stereocenters. The van der Waals surface area contributed by atoms with Crippen molar-refractivity contribution in [3.05, 3.63) is 23.4 Å². The number of halogens is 1. The number of hydrogen-bond donors (Lipinski definition) is 1. The summed E-state index contributed by atoms with van der Waals surface area (Å²) in [5.41, 5.74) is 0. The van der Waals surface area contributed by atoms with Gasteiger partial charge in [-0.25, -0.2) is 4.98 Å². The van der Waals surface area contributed by atoms with Crippen molar-refractivity contribution >= 4 is 35.0 Å². The van der Waals surface area contributed by atoms with Gasteiger partial charge in [0.25, 0.3) is 0 Å². The van der Waals surface area contributed by atoms with Crippen LogP contribution in [0.5, 0.6) is 5.75 Å². The van der Waals surface area contributed by atoms with E-state index in [1.54, 1.807) is 12.3 Å². The van der Waals surface area contributed by atoms with Gasteiger partial charge in [0, 0.05) is 63.5 Å². The van der Waals surface area contributed by atoms with Gasteiger partial charge in [0.1, 0.15) is 29.8 Å². The molecule has 5 rings (SSSR count). The number of aliphatic hydroxyl groups is 1. The van der Waals surface area contributed by atoms with Crippen LogP contribution in [0.2, 0.25) is 5.02 Å². The lowest BCUT2D eigenvalue weighted by molar-refractivity contribution is 0.201. The van der Waals surface area contributed by atoms with E-state index < -0.39 is 0 Å². The number of piperazine rings is 1. The van der Waals surface area contributed by atoms with Crippen molar-refractivity contribution in [2.75, 3.05) is 72.1 Å². The lowest BCUT2D eigenvalue weighted by Gasteiger charge is -2.42. The van der Waals surface area contributed by atoms with Crippen molar-refractivity contribution in [3.8, 4) is 5.75 Å². The molecule has 3 fully saturated rings. The molecule has 3 saturated heterocycles. The fourth-order valence-corrected chi connectivity index (χ4v) is 5.86. The first-order valence-corrected chi connectivity index (χ1v) is 13.7. The van der Waals surface area contributed by atoms with E-state index in [9.17, 15) is 0 Å². The molecule has 2 atom stereocenters. The highest BCUT2D eigenvalue weighted by atomic mass is 35.5. The Balaban J connectivity index is 1.36. The van der Waals surface area contributed by atoms with E-state index in [-0.39, 0.29) is 19.3 Å². The summed E-state index contributed by atoms with van der Waals surface area (Å²) in [6.45, 7) is 10.3. The first-order chi connectivity index (χ1) is 17.5. The molecule has 196 valence electrons. The van der Waals surface area contributed by atoms with Gasteiger partial charge in [-0.1, -0.05) is 11.6 Å². The Morgan fingerprint density at radius 2 is 1.72 bits per heavy atom. The molecule has 1 N–H and O–H groups in total. The van der Waals surface area contributed by atoms with E-state index in [2.05, 4.69) is 44.5 Å². The average Bonchev–Trinajstić information content (AvgIpc) is 3.33. The Kier molecular flexibility index (Phi) is 7.86. The second-order valence-corrected chi connectivity index (χ2v) is 10.6. The van der Waals surface area contributed by atoms with Crippen molar-refractivity contribution < 1.29 is 9.84 Å². The number of piperidine rings is 1. The van der Waals surface area contributed by atoms with E-state index in [0.29, 0.717) is 16.8 Å². The van der Waals surface area contributed by atoms with Crippen LogP contribution >= 0.6 is 11.6 Å². The second kappa shape index (κ2) is 11.3. The van der Waals surface area contributed by atoms with Gasteiger partial charge < -0.3 is 29.4 Å². The number of hydrogen-bond acceptors (Lipinski definition) is 9. The number of pyridine rings is 1. The molecule has 5 heterocycles. The van der Waals surface area contributed by atoms with E-state index in [4.69, 9.17) is 31.4 Å². The highest BCUT2D eigenvalue weighted by Gasteiger charge is 2.30. The number of aromatic nitrogens is 3. The van der Waals surface area contributed by atoms with Gasteiger partial charge in [0.2, 0.25) is 5.95 Å². The van der Waals surface area contributed by atoms with Crippen LogP contribution in [0.15, 0.2) is 18.3 Å². The Morgan fingerprint density at radius 1 is 0.917 bits per heavy atom. The van der Waals surface area contributed by atoms with Gasteiger partial charge in [-0.05, 0) is 46.0 Å². The fourth-order valence-electron chi connectivity index (χ4n) is 5.58. The SMILES string of the molecule is C[C@@H]1CN(c2ncc(OCCO)cc2Cl)CCN1c1cc(N2CCCCC2)nc(N2CCC[C@H]2C)n1. The standard InChI is InChI=1S/C26H38ClN7O2/c1-19-7-6-10-34(19)26-29-23(31-8-4-3-5-9-31)16-24(30-26)33-12-11-32(18-20(33)2)25-22(27)15-21(17-28-25)36-14-13-35/h15-17,19-20,35H,3-14,18H2,1-2H3/t19-,20-/m1/s1. The van der Waals surface area contributed by atoms with E-state index >= 15 is 0 Å². The molecular formula is C26H38ClN7O2. The van der Waals surface area contributed by atoms with Gasteiger partial charge in [-0.3, -0.25) is 0 Å². The molecule has 0 saturated carbocycles. The minimum atomic E-state index is -0.0419. The Hall–Kier alpha value is -2.52. The van der Waals surface area contributed by atoms with Crippen molar-refractivity contribution in [2.24, 2.45) is 0 Å². The summed E-state index contributed by atoms with van der Waals surface area (Å²) in [5.74, 6) is 4.28. The van der Waals surface area contributed by atoms with Crippen LogP contribution in [-0.4, -0.2) is 84.6 Å². The minimum Gasteiger partial charge on any atom is -0.490 e. The summed E-state index contributed by atoms with van der Waals surface area (Å²) in [5, 5.41) is 9.54. The van der Waals surface area contributed by atoms with Gasteiger partial charge in [0.05, 0.1) is 17.8 Å². The number of ether oxygens (including phenoxy) is 1. The van der Waals surface area contributed by atoms with Gasteiger partial charge in [-0.2, -0.15) is 9.97 Å². The van der Waals surface area contributed by atoms with Gasteiger partial charge in [0.15, 0.2) is 0 Å². The Morgan fingerprint density at radius 3 is 2.42 bits per heavy atom. The zero-order valence-electron chi connectivity index (χ0n) is 21.4. The van der Waals surface area contributed by atoms with Crippen molar-refractivity contribution in [3.63, 3.8) is 0 Å². The molecule has 2 aromatic rings.